The summed E-state index contributed by atoms with van der Waals surface area (Å²) in [4.78, 5) is 12.5. The number of hydrogen-bond donors (Lipinski definition) is 2. The molecule has 0 aliphatic rings. The molecule has 28 heavy (non-hydrogen) atoms. The molecule has 0 saturated carbocycles. The number of amides is 2. The molecular formula is C21H20BrN5O. The number of carbonyl (C=O) groups excluding carboxylic acids is 1. The molecule has 0 aliphatic carbocycles. The Labute approximate surface area is 172 Å². The van der Waals surface area contributed by atoms with Gasteiger partial charge in [0.05, 0.1) is 23.0 Å². The summed E-state index contributed by atoms with van der Waals surface area (Å²) in [6.45, 7) is 6.16. The zero-order valence-electron chi connectivity index (χ0n) is 15.8. The molecule has 0 atom stereocenters. The number of rotatable bonds is 3. The number of anilines is 2. The first-order valence-electron chi connectivity index (χ1n) is 8.71. The number of carbonyl (C=O) groups is 1. The maximum Gasteiger partial charge on any atom is 0.324 e. The summed E-state index contributed by atoms with van der Waals surface area (Å²) in [5.41, 5.74) is 2.52. The van der Waals surface area contributed by atoms with Gasteiger partial charge in [0, 0.05) is 21.6 Å². The summed E-state index contributed by atoms with van der Waals surface area (Å²) in [7, 11) is 0. The highest BCUT2D eigenvalue weighted by molar-refractivity contribution is 9.10. The minimum atomic E-state index is -0.379. The first-order chi connectivity index (χ1) is 13.3. The third kappa shape index (κ3) is 4.59. The van der Waals surface area contributed by atoms with E-state index in [0.717, 1.165) is 10.2 Å². The lowest BCUT2D eigenvalue weighted by atomic mass is 9.92. The molecule has 3 aromatic rings. The topological polar surface area (TPSA) is 82.7 Å². The third-order valence-electron chi connectivity index (χ3n) is 4.02. The van der Waals surface area contributed by atoms with E-state index in [4.69, 9.17) is 0 Å². The van der Waals surface area contributed by atoms with Crippen molar-refractivity contribution in [3.63, 3.8) is 0 Å². The second kappa shape index (κ2) is 7.87. The van der Waals surface area contributed by atoms with Crippen molar-refractivity contribution < 1.29 is 4.79 Å². The Morgan fingerprint density at radius 2 is 1.86 bits per heavy atom. The van der Waals surface area contributed by atoms with Crippen LogP contribution in [0.25, 0.3) is 5.69 Å². The summed E-state index contributed by atoms with van der Waals surface area (Å²) in [5, 5.41) is 19.5. The van der Waals surface area contributed by atoms with Crippen LogP contribution >= 0.6 is 15.9 Å². The average molecular weight is 438 g/mol. The van der Waals surface area contributed by atoms with Crippen LogP contribution in [0.15, 0.2) is 59.1 Å². The Morgan fingerprint density at radius 1 is 1.11 bits per heavy atom. The lowest BCUT2D eigenvalue weighted by molar-refractivity contribution is 0.262. The maximum atomic E-state index is 12.5. The van der Waals surface area contributed by atoms with E-state index in [-0.39, 0.29) is 11.4 Å². The molecule has 7 heteroatoms. The van der Waals surface area contributed by atoms with Gasteiger partial charge in [0.2, 0.25) is 0 Å². The van der Waals surface area contributed by atoms with E-state index >= 15 is 0 Å². The average Bonchev–Trinajstić information content (AvgIpc) is 3.06. The fraction of sp³-hybridized carbons (Fsp3) is 0.190. The van der Waals surface area contributed by atoms with Crippen molar-refractivity contribution in [2.45, 2.75) is 26.2 Å². The molecule has 2 amide bonds. The minimum absolute atomic E-state index is 0.199. The molecular weight excluding hydrogens is 418 g/mol. The van der Waals surface area contributed by atoms with Gasteiger partial charge in [0.1, 0.15) is 5.82 Å². The van der Waals surface area contributed by atoms with Crippen LogP contribution < -0.4 is 10.6 Å². The summed E-state index contributed by atoms with van der Waals surface area (Å²) in [6, 6.07) is 18.0. The normalized spacial score (nSPS) is 11.0. The van der Waals surface area contributed by atoms with Gasteiger partial charge in [-0.15, -0.1) is 0 Å². The van der Waals surface area contributed by atoms with E-state index in [9.17, 15) is 10.1 Å². The van der Waals surface area contributed by atoms with Gasteiger partial charge in [-0.25, -0.2) is 9.48 Å². The first kappa shape index (κ1) is 19.6. The summed E-state index contributed by atoms with van der Waals surface area (Å²) < 4.78 is 2.51. The van der Waals surface area contributed by atoms with Crippen molar-refractivity contribution in [1.29, 1.82) is 5.26 Å². The fourth-order valence-electron chi connectivity index (χ4n) is 2.59. The van der Waals surface area contributed by atoms with Gasteiger partial charge in [0.15, 0.2) is 0 Å². The van der Waals surface area contributed by atoms with Gasteiger partial charge in [-0.3, -0.25) is 5.32 Å². The predicted molar refractivity (Wildman–Crippen MR) is 114 cm³/mol. The first-order valence-corrected chi connectivity index (χ1v) is 9.50. The molecule has 0 fully saturated rings. The molecule has 3 rings (SSSR count). The SMILES string of the molecule is CC(C)(C)c1cc(NC(=O)Nc2cccc(Br)c2)n(-c2cccc(C#N)c2)n1. The van der Waals surface area contributed by atoms with Gasteiger partial charge >= 0.3 is 6.03 Å². The van der Waals surface area contributed by atoms with Crippen LogP contribution in [0.2, 0.25) is 0 Å². The van der Waals surface area contributed by atoms with Gasteiger partial charge in [-0.1, -0.05) is 48.8 Å². The Balaban J connectivity index is 1.93. The van der Waals surface area contributed by atoms with E-state index in [2.05, 4.69) is 58.5 Å². The minimum Gasteiger partial charge on any atom is -0.308 e. The van der Waals surface area contributed by atoms with Gasteiger partial charge in [-0.05, 0) is 36.4 Å². The Bertz CT molecular complexity index is 1060. The molecule has 1 heterocycles. The van der Waals surface area contributed by atoms with Crippen LogP contribution in [0.4, 0.5) is 16.3 Å². The van der Waals surface area contributed by atoms with E-state index in [1.807, 2.05) is 30.3 Å². The zero-order chi connectivity index (χ0) is 20.3. The summed E-state index contributed by atoms with van der Waals surface area (Å²) in [5.74, 6) is 0.521. The molecule has 2 N–H and O–H groups in total. The van der Waals surface area contributed by atoms with E-state index in [1.165, 1.54) is 0 Å². The molecule has 0 bridgehead atoms. The predicted octanol–water partition coefficient (Wildman–Crippen LogP) is 5.45. The molecule has 0 radical (unpaired) electrons. The zero-order valence-corrected chi connectivity index (χ0v) is 17.4. The second-order valence-electron chi connectivity index (χ2n) is 7.33. The second-order valence-corrected chi connectivity index (χ2v) is 8.24. The van der Waals surface area contributed by atoms with Gasteiger partial charge in [0.25, 0.3) is 0 Å². The number of halogens is 1. The van der Waals surface area contributed by atoms with Crippen LogP contribution in [0, 0.1) is 11.3 Å². The van der Waals surface area contributed by atoms with Crippen LogP contribution in [0.5, 0.6) is 0 Å². The number of nitriles is 1. The summed E-state index contributed by atoms with van der Waals surface area (Å²) in [6.07, 6.45) is 0. The largest absolute Gasteiger partial charge is 0.324 e. The molecule has 0 aliphatic heterocycles. The van der Waals surface area contributed by atoms with Crippen molar-refractivity contribution in [1.82, 2.24) is 9.78 Å². The van der Waals surface area contributed by atoms with E-state index in [1.54, 1.807) is 28.9 Å². The lowest BCUT2D eigenvalue weighted by Gasteiger charge is -2.14. The fourth-order valence-corrected chi connectivity index (χ4v) is 2.98. The standard InChI is InChI=1S/C21H20BrN5O/c1-21(2,3)18-12-19(25-20(28)24-16-8-5-7-15(22)11-16)27(26-18)17-9-4-6-14(10-17)13-23/h4-12H,1-3H3,(H2,24,25,28). The molecule has 142 valence electrons. The highest BCUT2D eigenvalue weighted by atomic mass is 79.9. The highest BCUT2D eigenvalue weighted by Gasteiger charge is 2.21. The Morgan fingerprint density at radius 3 is 2.54 bits per heavy atom. The van der Waals surface area contributed by atoms with Crippen molar-refractivity contribution in [2.75, 3.05) is 10.6 Å². The van der Waals surface area contributed by atoms with Crippen molar-refractivity contribution in [2.24, 2.45) is 0 Å². The molecule has 0 unspecified atom stereocenters. The van der Waals surface area contributed by atoms with Crippen LogP contribution in [0.1, 0.15) is 32.0 Å². The number of nitrogens with one attached hydrogen (secondary N) is 2. The van der Waals surface area contributed by atoms with Gasteiger partial charge in [-0.2, -0.15) is 10.4 Å². The van der Waals surface area contributed by atoms with E-state index in [0.29, 0.717) is 22.8 Å². The molecule has 6 nitrogen and oxygen atoms in total. The van der Waals surface area contributed by atoms with E-state index < -0.39 is 0 Å². The van der Waals surface area contributed by atoms with Crippen molar-refractivity contribution in [3.8, 4) is 11.8 Å². The Kier molecular flexibility index (Phi) is 5.52. The van der Waals surface area contributed by atoms with Gasteiger partial charge < -0.3 is 5.32 Å². The number of aromatic nitrogens is 2. The maximum absolute atomic E-state index is 12.5. The smallest absolute Gasteiger partial charge is 0.308 e. The van der Waals surface area contributed by atoms with Crippen molar-refractivity contribution in [3.05, 3.63) is 70.3 Å². The quantitative estimate of drug-likeness (QED) is 0.571. The third-order valence-corrected chi connectivity index (χ3v) is 4.51. The summed E-state index contributed by atoms with van der Waals surface area (Å²) >= 11 is 3.39. The molecule has 2 aromatic carbocycles. The van der Waals surface area contributed by atoms with Crippen LogP contribution in [-0.2, 0) is 5.41 Å². The molecule has 0 saturated heterocycles. The van der Waals surface area contributed by atoms with Crippen molar-refractivity contribution >= 4 is 33.5 Å². The number of urea groups is 1. The monoisotopic (exact) mass is 437 g/mol. The Hall–Kier alpha value is -3.11. The van der Waals surface area contributed by atoms with Crippen LogP contribution in [-0.4, -0.2) is 15.8 Å². The number of nitrogens with zero attached hydrogens (tertiary/aromatic N) is 3. The molecule has 1 aromatic heterocycles. The lowest BCUT2D eigenvalue weighted by Crippen LogP contribution is -2.21. The number of benzene rings is 2. The molecule has 0 spiro atoms. The highest BCUT2D eigenvalue weighted by Crippen LogP contribution is 2.27. The van der Waals surface area contributed by atoms with Crippen LogP contribution in [0.3, 0.4) is 0 Å². The number of hydrogen-bond acceptors (Lipinski definition) is 3.